The van der Waals surface area contributed by atoms with E-state index in [0.29, 0.717) is 4.80 Å². The van der Waals surface area contributed by atoms with Gasteiger partial charge in [0.15, 0.2) is 14.6 Å². The van der Waals surface area contributed by atoms with Gasteiger partial charge in [0.25, 0.3) is 0 Å². The van der Waals surface area contributed by atoms with Crippen molar-refractivity contribution < 1.29 is 13.2 Å². The van der Waals surface area contributed by atoms with Crippen molar-refractivity contribution in [1.29, 1.82) is 0 Å². The van der Waals surface area contributed by atoms with Crippen molar-refractivity contribution in [3.63, 3.8) is 0 Å². The van der Waals surface area contributed by atoms with Crippen molar-refractivity contribution in [2.24, 2.45) is 12.0 Å². The lowest BCUT2D eigenvalue weighted by atomic mass is 10.1. The molecule has 0 radical (unpaired) electrons. The van der Waals surface area contributed by atoms with Gasteiger partial charge in [-0.05, 0) is 37.0 Å². The first kappa shape index (κ1) is 20.5. The lowest BCUT2D eigenvalue weighted by molar-refractivity contribution is -0.118. The van der Waals surface area contributed by atoms with E-state index in [1.54, 1.807) is 12.1 Å². The number of nitrogens with zero attached hydrogens (tertiary/aromatic N) is 2. The number of hydrogen-bond donors (Lipinski definition) is 0. The zero-order valence-corrected chi connectivity index (χ0v) is 17.9. The Morgan fingerprint density at radius 1 is 1.07 bits per heavy atom. The largest absolute Gasteiger partial charge is 0.319 e. The highest BCUT2D eigenvalue weighted by atomic mass is 32.2. The Hall–Kier alpha value is -2.25. The highest BCUT2D eigenvalue weighted by Crippen LogP contribution is 2.24. The summed E-state index contributed by atoms with van der Waals surface area (Å²) in [6.45, 7) is 4.08. The summed E-state index contributed by atoms with van der Waals surface area (Å²) in [4.78, 5) is 17.2. The zero-order chi connectivity index (χ0) is 20.3. The summed E-state index contributed by atoms with van der Waals surface area (Å²) >= 11 is 1.49. The predicted octanol–water partition coefficient (Wildman–Crippen LogP) is 3.68. The van der Waals surface area contributed by atoms with Crippen molar-refractivity contribution in [2.45, 2.75) is 32.4 Å². The summed E-state index contributed by atoms with van der Waals surface area (Å²) < 4.78 is 27.5. The second-order valence-electron chi connectivity index (χ2n) is 7.01. The zero-order valence-electron chi connectivity index (χ0n) is 16.3. The molecule has 0 aliphatic heterocycles. The van der Waals surface area contributed by atoms with Crippen LogP contribution in [0, 0.1) is 13.8 Å². The highest BCUT2D eigenvalue weighted by molar-refractivity contribution is 7.90. The molecule has 0 saturated carbocycles. The van der Waals surface area contributed by atoms with Gasteiger partial charge in [-0.25, -0.2) is 8.42 Å². The molecule has 148 valence electrons. The molecule has 0 atom stereocenters. The van der Waals surface area contributed by atoms with E-state index in [1.807, 2.05) is 43.7 Å². The number of thiazole rings is 1. The molecule has 0 saturated heterocycles. The first-order valence-electron chi connectivity index (χ1n) is 9.14. The van der Waals surface area contributed by atoms with Crippen LogP contribution in [0.2, 0.25) is 0 Å². The monoisotopic (exact) mass is 416 g/mol. The summed E-state index contributed by atoms with van der Waals surface area (Å²) in [5.41, 5.74) is 4.14. The lowest BCUT2D eigenvalue weighted by Gasteiger charge is -2.03. The van der Waals surface area contributed by atoms with Crippen molar-refractivity contribution in [1.82, 2.24) is 4.57 Å². The van der Waals surface area contributed by atoms with Crippen LogP contribution >= 0.6 is 11.3 Å². The molecule has 7 heteroatoms. The quantitative estimate of drug-likeness (QED) is 0.616. The topological polar surface area (TPSA) is 68.5 Å². The van der Waals surface area contributed by atoms with E-state index in [0.717, 1.165) is 26.9 Å². The number of amides is 1. The molecule has 0 N–H and O–H groups in total. The van der Waals surface area contributed by atoms with E-state index in [1.165, 1.54) is 11.3 Å². The van der Waals surface area contributed by atoms with E-state index >= 15 is 0 Å². The van der Waals surface area contributed by atoms with Crippen LogP contribution in [0.1, 0.15) is 29.5 Å². The Kier molecular flexibility index (Phi) is 6.15. The number of carbonyl (C=O) groups excluding carboxylic acids is 1. The highest BCUT2D eigenvalue weighted by Gasteiger charge is 2.14. The predicted molar refractivity (Wildman–Crippen MR) is 114 cm³/mol. The number of hydrogen-bond acceptors (Lipinski definition) is 4. The van der Waals surface area contributed by atoms with Crippen molar-refractivity contribution in [3.05, 3.63) is 64.0 Å². The number of aromatic nitrogens is 1. The number of sulfone groups is 1. The fourth-order valence-electron chi connectivity index (χ4n) is 3.18. The van der Waals surface area contributed by atoms with Gasteiger partial charge in [-0.3, -0.25) is 4.79 Å². The van der Waals surface area contributed by atoms with Crippen LogP contribution in [0.15, 0.2) is 47.5 Å². The normalized spacial score (nSPS) is 12.6. The van der Waals surface area contributed by atoms with Crippen LogP contribution in [0.25, 0.3) is 10.2 Å². The summed E-state index contributed by atoms with van der Waals surface area (Å²) in [6.07, 6.45) is 0.407. The molecule has 3 rings (SSSR count). The molecule has 5 nitrogen and oxygen atoms in total. The van der Waals surface area contributed by atoms with E-state index in [9.17, 15) is 13.2 Å². The Morgan fingerprint density at radius 3 is 2.43 bits per heavy atom. The molecule has 3 aromatic rings. The van der Waals surface area contributed by atoms with Crippen LogP contribution < -0.4 is 4.80 Å². The SMILES string of the molecule is Cc1ccc(C)c2c1sc(=NC(=O)CCCS(=O)(=O)Cc1ccccc1)n2C. The van der Waals surface area contributed by atoms with Gasteiger partial charge in [-0.15, -0.1) is 0 Å². The maximum atomic E-state index is 12.3. The second-order valence-corrected chi connectivity index (χ2v) is 10.2. The van der Waals surface area contributed by atoms with E-state index in [4.69, 9.17) is 0 Å². The molecule has 0 aliphatic rings. The molecule has 28 heavy (non-hydrogen) atoms. The molecule has 1 heterocycles. The average Bonchev–Trinajstić information content (AvgIpc) is 2.96. The summed E-state index contributed by atoms with van der Waals surface area (Å²) in [5.74, 6) is -0.296. The van der Waals surface area contributed by atoms with Crippen LogP contribution in [0.4, 0.5) is 0 Å². The number of aryl methyl sites for hydroxylation is 3. The van der Waals surface area contributed by atoms with Gasteiger partial charge in [-0.2, -0.15) is 4.99 Å². The Morgan fingerprint density at radius 2 is 1.75 bits per heavy atom. The maximum Gasteiger partial charge on any atom is 0.248 e. The van der Waals surface area contributed by atoms with Crippen LogP contribution in [0.5, 0.6) is 0 Å². The van der Waals surface area contributed by atoms with Gasteiger partial charge in [0, 0.05) is 13.5 Å². The molecule has 1 aromatic heterocycles. The maximum absolute atomic E-state index is 12.3. The van der Waals surface area contributed by atoms with Crippen molar-refractivity contribution in [3.8, 4) is 0 Å². The molecule has 0 aliphatic carbocycles. The van der Waals surface area contributed by atoms with Crippen LogP contribution in [0.3, 0.4) is 0 Å². The summed E-state index contributed by atoms with van der Waals surface area (Å²) in [7, 11) is -1.34. The van der Waals surface area contributed by atoms with Crippen molar-refractivity contribution in [2.75, 3.05) is 5.75 Å². The first-order chi connectivity index (χ1) is 13.3. The summed E-state index contributed by atoms with van der Waals surface area (Å²) in [5, 5.41) is 0. The Bertz CT molecular complexity index is 1170. The molecular formula is C21H24N2O3S2. The Balaban J connectivity index is 1.68. The standard InChI is InChI=1S/C21H24N2O3S2/c1-15-11-12-16(2)20-19(15)23(3)21(27-20)22-18(24)10-7-13-28(25,26)14-17-8-5-4-6-9-17/h4-6,8-9,11-12H,7,10,13-14H2,1-3H3. The van der Waals surface area contributed by atoms with Gasteiger partial charge in [0.2, 0.25) is 5.91 Å². The fraction of sp³-hybridized carbons (Fsp3) is 0.333. The molecule has 1 amide bonds. The number of benzene rings is 2. The fourth-order valence-corrected chi connectivity index (χ4v) is 5.79. The molecule has 2 aromatic carbocycles. The number of fused-ring (bicyclic) bond motifs is 1. The lowest BCUT2D eigenvalue weighted by Crippen LogP contribution is -2.15. The third-order valence-electron chi connectivity index (χ3n) is 4.64. The molecule has 0 bridgehead atoms. The molecule has 0 unspecified atom stereocenters. The third kappa shape index (κ3) is 4.77. The minimum Gasteiger partial charge on any atom is -0.319 e. The molecular weight excluding hydrogens is 392 g/mol. The van der Waals surface area contributed by atoms with E-state index in [-0.39, 0.29) is 30.3 Å². The molecule has 0 spiro atoms. The average molecular weight is 417 g/mol. The third-order valence-corrected chi connectivity index (χ3v) is 7.59. The second kappa shape index (κ2) is 8.41. The van der Waals surface area contributed by atoms with E-state index in [2.05, 4.69) is 17.1 Å². The van der Waals surface area contributed by atoms with Crippen molar-refractivity contribution >= 4 is 37.3 Å². The minimum absolute atomic E-state index is 0.00298. The smallest absolute Gasteiger partial charge is 0.248 e. The summed E-state index contributed by atoms with van der Waals surface area (Å²) in [6, 6.07) is 13.2. The number of rotatable bonds is 6. The van der Waals surface area contributed by atoms with Gasteiger partial charge < -0.3 is 4.57 Å². The first-order valence-corrected chi connectivity index (χ1v) is 11.8. The van der Waals surface area contributed by atoms with Gasteiger partial charge in [-0.1, -0.05) is 53.8 Å². The minimum atomic E-state index is -3.24. The molecule has 0 fully saturated rings. The number of carbonyl (C=O) groups is 1. The Labute approximate surface area is 169 Å². The van der Waals surface area contributed by atoms with Gasteiger partial charge in [0.05, 0.1) is 21.7 Å². The van der Waals surface area contributed by atoms with E-state index < -0.39 is 9.84 Å². The van der Waals surface area contributed by atoms with Gasteiger partial charge in [0.1, 0.15) is 0 Å². The van der Waals surface area contributed by atoms with Crippen LogP contribution in [-0.2, 0) is 27.4 Å². The van der Waals surface area contributed by atoms with Gasteiger partial charge >= 0.3 is 0 Å². The van der Waals surface area contributed by atoms with Crippen LogP contribution in [-0.4, -0.2) is 24.6 Å².